The van der Waals surface area contributed by atoms with E-state index < -0.39 is 0 Å². The molecule has 21 heavy (non-hydrogen) atoms. The summed E-state index contributed by atoms with van der Waals surface area (Å²) >= 11 is 0. The molecule has 0 unspecified atom stereocenters. The molecule has 0 radical (unpaired) electrons. The predicted molar refractivity (Wildman–Crippen MR) is 79.7 cm³/mol. The fraction of sp³-hybridized carbons (Fsp3) is 0.250. The molecule has 0 saturated heterocycles. The van der Waals surface area contributed by atoms with Gasteiger partial charge in [-0.3, -0.25) is 9.78 Å². The Bertz CT molecular complexity index is 602. The Hall–Kier alpha value is -2.56. The number of carbonyl (C=O) groups excluding carboxylic acids is 1. The summed E-state index contributed by atoms with van der Waals surface area (Å²) in [4.78, 5) is 16.4. The molecule has 2 aromatic rings. The number of aromatic nitrogens is 1. The third kappa shape index (κ3) is 3.95. The zero-order chi connectivity index (χ0) is 15.2. The second-order valence-corrected chi connectivity index (χ2v) is 4.59. The van der Waals surface area contributed by atoms with Gasteiger partial charge in [0.15, 0.2) is 0 Å². The Balaban J connectivity index is 2.07. The number of hydrogen-bond donors (Lipinski definition) is 1. The van der Waals surface area contributed by atoms with E-state index in [1.807, 2.05) is 19.1 Å². The van der Waals surface area contributed by atoms with Crippen LogP contribution in [-0.2, 0) is 6.54 Å². The van der Waals surface area contributed by atoms with Gasteiger partial charge in [0.1, 0.15) is 11.5 Å². The van der Waals surface area contributed by atoms with Crippen molar-refractivity contribution in [3.05, 3.63) is 53.3 Å². The maximum atomic E-state index is 12.2. The van der Waals surface area contributed by atoms with E-state index in [4.69, 9.17) is 9.47 Å². The van der Waals surface area contributed by atoms with Crippen molar-refractivity contribution in [1.82, 2.24) is 10.3 Å². The van der Waals surface area contributed by atoms with E-state index in [9.17, 15) is 4.79 Å². The average Bonchev–Trinajstić information content (AvgIpc) is 2.53. The van der Waals surface area contributed by atoms with Crippen molar-refractivity contribution in [2.75, 3.05) is 14.2 Å². The average molecular weight is 286 g/mol. The Morgan fingerprint density at radius 2 is 1.81 bits per heavy atom. The van der Waals surface area contributed by atoms with Crippen LogP contribution in [0, 0.1) is 6.92 Å². The summed E-state index contributed by atoms with van der Waals surface area (Å²) in [6, 6.07) is 8.92. The number of methoxy groups -OCH3 is 2. The van der Waals surface area contributed by atoms with Gasteiger partial charge in [0, 0.05) is 30.1 Å². The first-order chi connectivity index (χ1) is 10.1. The fourth-order valence-corrected chi connectivity index (χ4v) is 1.83. The van der Waals surface area contributed by atoms with Crippen LogP contribution in [0.3, 0.4) is 0 Å². The molecule has 0 fully saturated rings. The van der Waals surface area contributed by atoms with Crippen LogP contribution in [-0.4, -0.2) is 25.1 Å². The number of ether oxygens (including phenoxy) is 2. The van der Waals surface area contributed by atoms with E-state index in [2.05, 4.69) is 10.3 Å². The minimum atomic E-state index is -0.187. The molecule has 5 heteroatoms. The second-order valence-electron chi connectivity index (χ2n) is 4.59. The second kappa shape index (κ2) is 6.74. The van der Waals surface area contributed by atoms with E-state index >= 15 is 0 Å². The molecule has 110 valence electrons. The van der Waals surface area contributed by atoms with Crippen molar-refractivity contribution in [3.8, 4) is 11.5 Å². The molecule has 1 aromatic heterocycles. The van der Waals surface area contributed by atoms with Gasteiger partial charge in [-0.25, -0.2) is 0 Å². The molecule has 0 aliphatic carbocycles. The maximum Gasteiger partial charge on any atom is 0.251 e. The number of benzene rings is 1. The molecule has 0 saturated carbocycles. The van der Waals surface area contributed by atoms with Crippen LogP contribution >= 0.6 is 0 Å². The molecule has 0 bridgehead atoms. The molecule has 5 nitrogen and oxygen atoms in total. The molecule has 1 amide bonds. The quantitative estimate of drug-likeness (QED) is 0.916. The van der Waals surface area contributed by atoms with Gasteiger partial charge >= 0.3 is 0 Å². The number of nitrogens with zero attached hydrogens (tertiary/aromatic N) is 1. The van der Waals surface area contributed by atoms with Gasteiger partial charge in [0.05, 0.1) is 14.2 Å². The van der Waals surface area contributed by atoms with Gasteiger partial charge in [-0.15, -0.1) is 0 Å². The van der Waals surface area contributed by atoms with Gasteiger partial charge in [0.2, 0.25) is 0 Å². The zero-order valence-corrected chi connectivity index (χ0v) is 12.3. The Labute approximate surface area is 123 Å². The van der Waals surface area contributed by atoms with E-state index in [0.29, 0.717) is 23.6 Å². The highest BCUT2D eigenvalue weighted by molar-refractivity contribution is 5.95. The van der Waals surface area contributed by atoms with Crippen molar-refractivity contribution in [1.29, 1.82) is 0 Å². The van der Waals surface area contributed by atoms with Crippen LogP contribution in [0.4, 0.5) is 0 Å². The minimum Gasteiger partial charge on any atom is -0.497 e. The van der Waals surface area contributed by atoms with Crippen LogP contribution in [0.25, 0.3) is 0 Å². The highest BCUT2D eigenvalue weighted by Gasteiger charge is 2.09. The lowest BCUT2D eigenvalue weighted by Crippen LogP contribution is -2.23. The van der Waals surface area contributed by atoms with Crippen molar-refractivity contribution in [3.63, 3.8) is 0 Å². The molecular weight excluding hydrogens is 268 g/mol. The summed E-state index contributed by atoms with van der Waals surface area (Å²) in [7, 11) is 3.10. The first-order valence-electron chi connectivity index (χ1n) is 6.55. The number of pyridine rings is 1. The lowest BCUT2D eigenvalue weighted by atomic mass is 10.1. The summed E-state index contributed by atoms with van der Waals surface area (Å²) in [5, 5.41) is 2.85. The topological polar surface area (TPSA) is 60.5 Å². The van der Waals surface area contributed by atoms with Crippen LogP contribution < -0.4 is 14.8 Å². The largest absolute Gasteiger partial charge is 0.497 e. The maximum absolute atomic E-state index is 12.2. The number of rotatable bonds is 5. The number of amides is 1. The highest BCUT2D eigenvalue weighted by Crippen LogP contribution is 2.22. The van der Waals surface area contributed by atoms with Crippen LogP contribution in [0.15, 0.2) is 36.5 Å². The summed E-state index contributed by atoms with van der Waals surface area (Å²) in [5.41, 5.74) is 2.39. The van der Waals surface area contributed by atoms with Crippen LogP contribution in [0.5, 0.6) is 11.5 Å². The predicted octanol–water partition coefficient (Wildman–Crippen LogP) is 2.34. The summed E-state index contributed by atoms with van der Waals surface area (Å²) < 4.78 is 10.3. The monoisotopic (exact) mass is 286 g/mol. The Kier molecular flexibility index (Phi) is 4.77. The first-order valence-corrected chi connectivity index (χ1v) is 6.55. The van der Waals surface area contributed by atoms with Crippen LogP contribution in [0.2, 0.25) is 0 Å². The van der Waals surface area contributed by atoms with Gasteiger partial charge in [-0.2, -0.15) is 0 Å². The number of aryl methyl sites for hydroxylation is 1. The highest BCUT2D eigenvalue weighted by atomic mass is 16.5. The standard InChI is InChI=1S/C16H18N2O3/c1-11-4-5-12(9-17-11)10-18-16(19)13-6-14(20-2)8-15(7-13)21-3/h4-9H,10H2,1-3H3,(H,18,19). The summed E-state index contributed by atoms with van der Waals surface area (Å²) in [5.74, 6) is 0.973. The van der Waals surface area contributed by atoms with E-state index in [1.54, 1.807) is 38.6 Å². The van der Waals surface area contributed by atoms with Crippen LogP contribution in [0.1, 0.15) is 21.6 Å². The van der Waals surface area contributed by atoms with E-state index in [-0.39, 0.29) is 5.91 Å². The van der Waals surface area contributed by atoms with Crippen molar-refractivity contribution < 1.29 is 14.3 Å². The van der Waals surface area contributed by atoms with E-state index in [1.165, 1.54) is 0 Å². The van der Waals surface area contributed by atoms with Crippen molar-refractivity contribution >= 4 is 5.91 Å². The third-order valence-corrected chi connectivity index (χ3v) is 3.04. The molecule has 0 aliphatic heterocycles. The first kappa shape index (κ1) is 14.8. The lowest BCUT2D eigenvalue weighted by Gasteiger charge is -2.09. The lowest BCUT2D eigenvalue weighted by molar-refractivity contribution is 0.0950. The summed E-state index contributed by atoms with van der Waals surface area (Å²) in [6.07, 6.45) is 1.75. The normalized spacial score (nSPS) is 10.0. The van der Waals surface area contributed by atoms with Gasteiger partial charge in [-0.05, 0) is 30.7 Å². The molecule has 1 heterocycles. The van der Waals surface area contributed by atoms with Gasteiger partial charge in [-0.1, -0.05) is 6.07 Å². The Morgan fingerprint density at radius 3 is 2.33 bits per heavy atom. The summed E-state index contributed by atoms with van der Waals surface area (Å²) in [6.45, 7) is 2.34. The molecule has 0 atom stereocenters. The molecule has 2 rings (SSSR count). The van der Waals surface area contributed by atoms with Gasteiger partial charge < -0.3 is 14.8 Å². The van der Waals surface area contributed by atoms with E-state index in [0.717, 1.165) is 11.3 Å². The fourth-order valence-electron chi connectivity index (χ4n) is 1.83. The van der Waals surface area contributed by atoms with Gasteiger partial charge in [0.25, 0.3) is 5.91 Å². The molecule has 1 aromatic carbocycles. The molecule has 1 N–H and O–H groups in total. The molecular formula is C16H18N2O3. The Morgan fingerprint density at radius 1 is 1.14 bits per heavy atom. The minimum absolute atomic E-state index is 0.187. The number of nitrogens with one attached hydrogen (secondary N) is 1. The smallest absolute Gasteiger partial charge is 0.251 e. The van der Waals surface area contributed by atoms with Crippen molar-refractivity contribution in [2.24, 2.45) is 0 Å². The molecule has 0 aliphatic rings. The zero-order valence-electron chi connectivity index (χ0n) is 12.3. The molecule has 0 spiro atoms. The number of hydrogen-bond acceptors (Lipinski definition) is 4. The van der Waals surface area contributed by atoms with Crippen molar-refractivity contribution in [2.45, 2.75) is 13.5 Å². The third-order valence-electron chi connectivity index (χ3n) is 3.04. The number of carbonyl (C=O) groups is 1. The SMILES string of the molecule is COc1cc(OC)cc(C(=O)NCc2ccc(C)nc2)c1.